The van der Waals surface area contributed by atoms with Crippen LogP contribution in [0.5, 0.6) is 0 Å². The molecule has 0 atom stereocenters. The number of nitrogens with one attached hydrogen (secondary N) is 1. The standard InChI is InChI=1S/C20H15FN4O2/c21-14-6-4-7-15(12-14)23-18(26)13-24-19-17(10-5-11-22-19)20(27)25(24)16-8-2-1-3-9-16/h1-12H,13H2,(H,23,26). The molecule has 0 bridgehead atoms. The number of aromatic nitrogens is 3. The van der Waals surface area contributed by atoms with Crippen LogP contribution in [0.1, 0.15) is 0 Å². The summed E-state index contributed by atoms with van der Waals surface area (Å²) in [5.41, 5.74) is 1.11. The molecule has 4 rings (SSSR count). The zero-order valence-electron chi connectivity index (χ0n) is 14.2. The number of carbonyl (C=O) groups excluding carboxylic acids is 1. The summed E-state index contributed by atoms with van der Waals surface area (Å²) in [4.78, 5) is 29.7. The first-order valence-corrected chi connectivity index (χ1v) is 8.31. The van der Waals surface area contributed by atoms with Crippen molar-refractivity contribution in [3.8, 4) is 5.69 Å². The number of para-hydroxylation sites is 1. The van der Waals surface area contributed by atoms with E-state index in [2.05, 4.69) is 10.3 Å². The van der Waals surface area contributed by atoms with Gasteiger partial charge in [0, 0.05) is 11.9 Å². The highest BCUT2D eigenvalue weighted by Crippen LogP contribution is 2.14. The number of hydrogen-bond acceptors (Lipinski definition) is 3. The maximum absolute atomic E-state index is 13.3. The Bertz CT molecular complexity index is 1180. The maximum atomic E-state index is 13.3. The molecule has 1 N–H and O–H groups in total. The summed E-state index contributed by atoms with van der Waals surface area (Å²) in [6.45, 7) is -0.152. The molecule has 0 aliphatic heterocycles. The fourth-order valence-electron chi connectivity index (χ4n) is 2.96. The lowest BCUT2D eigenvalue weighted by Gasteiger charge is -2.12. The first-order valence-electron chi connectivity index (χ1n) is 8.31. The summed E-state index contributed by atoms with van der Waals surface area (Å²) in [5, 5.41) is 3.06. The molecule has 6 nitrogen and oxygen atoms in total. The van der Waals surface area contributed by atoms with Crippen LogP contribution in [0.4, 0.5) is 10.1 Å². The van der Waals surface area contributed by atoms with Crippen LogP contribution in [0.15, 0.2) is 77.7 Å². The third-order valence-corrected chi connectivity index (χ3v) is 4.10. The molecule has 0 fully saturated rings. The molecule has 7 heteroatoms. The average molecular weight is 362 g/mol. The second kappa shape index (κ2) is 6.87. The van der Waals surface area contributed by atoms with Gasteiger partial charge in [0.25, 0.3) is 5.56 Å². The third-order valence-electron chi connectivity index (χ3n) is 4.10. The van der Waals surface area contributed by atoms with Crippen molar-refractivity contribution in [3.63, 3.8) is 0 Å². The largest absolute Gasteiger partial charge is 0.324 e. The number of benzene rings is 2. The number of pyridine rings is 1. The predicted molar refractivity (Wildman–Crippen MR) is 100 cm³/mol. The van der Waals surface area contributed by atoms with E-state index in [1.807, 2.05) is 18.2 Å². The monoisotopic (exact) mass is 362 g/mol. The zero-order valence-corrected chi connectivity index (χ0v) is 14.2. The number of halogens is 1. The van der Waals surface area contributed by atoms with Crippen molar-refractivity contribution in [2.45, 2.75) is 6.54 Å². The fourth-order valence-corrected chi connectivity index (χ4v) is 2.96. The summed E-state index contributed by atoms with van der Waals surface area (Å²) < 4.78 is 16.3. The Labute approximate surface area is 153 Å². The Balaban J connectivity index is 1.76. The molecule has 0 aliphatic carbocycles. The maximum Gasteiger partial charge on any atom is 0.280 e. The minimum atomic E-state index is -0.443. The summed E-state index contributed by atoms with van der Waals surface area (Å²) in [5.74, 6) is -0.838. The Morgan fingerprint density at radius 1 is 1.04 bits per heavy atom. The lowest BCUT2D eigenvalue weighted by molar-refractivity contribution is -0.116. The van der Waals surface area contributed by atoms with Gasteiger partial charge in [-0.25, -0.2) is 14.1 Å². The van der Waals surface area contributed by atoms with E-state index in [9.17, 15) is 14.0 Å². The highest BCUT2D eigenvalue weighted by Gasteiger charge is 2.17. The van der Waals surface area contributed by atoms with E-state index in [1.54, 1.807) is 36.5 Å². The minimum Gasteiger partial charge on any atom is -0.324 e. The number of hydrogen-bond donors (Lipinski definition) is 1. The fraction of sp³-hybridized carbons (Fsp3) is 0.0500. The summed E-state index contributed by atoms with van der Waals surface area (Å²) in [6, 6.07) is 18.0. The summed E-state index contributed by atoms with van der Waals surface area (Å²) in [6.07, 6.45) is 1.57. The summed E-state index contributed by atoms with van der Waals surface area (Å²) in [7, 11) is 0. The Morgan fingerprint density at radius 3 is 2.63 bits per heavy atom. The van der Waals surface area contributed by atoms with Gasteiger partial charge >= 0.3 is 0 Å². The zero-order chi connectivity index (χ0) is 18.8. The predicted octanol–water partition coefficient (Wildman–Crippen LogP) is 2.97. The van der Waals surface area contributed by atoms with Crippen LogP contribution in [0, 0.1) is 5.82 Å². The van der Waals surface area contributed by atoms with Gasteiger partial charge in [0.05, 0.1) is 11.1 Å². The van der Waals surface area contributed by atoms with Crippen LogP contribution in [0.3, 0.4) is 0 Å². The topological polar surface area (TPSA) is 68.9 Å². The number of rotatable bonds is 4. The van der Waals surface area contributed by atoms with Gasteiger partial charge in [0.15, 0.2) is 5.65 Å². The molecule has 134 valence electrons. The van der Waals surface area contributed by atoms with Crippen molar-refractivity contribution in [3.05, 3.63) is 89.1 Å². The SMILES string of the molecule is O=C(Cn1c2ncccc2c(=O)n1-c1ccccc1)Nc1cccc(F)c1. The van der Waals surface area contributed by atoms with Gasteiger partial charge in [-0.1, -0.05) is 24.3 Å². The number of amides is 1. The van der Waals surface area contributed by atoms with Crippen molar-refractivity contribution in [1.29, 1.82) is 0 Å². The molecular formula is C20H15FN4O2. The molecule has 0 aliphatic rings. The quantitative estimate of drug-likeness (QED) is 0.607. The molecule has 1 amide bonds. The lowest BCUT2D eigenvalue weighted by atomic mass is 10.3. The van der Waals surface area contributed by atoms with Crippen molar-refractivity contribution in [2.75, 3.05) is 5.32 Å². The van der Waals surface area contributed by atoms with E-state index in [4.69, 9.17) is 0 Å². The van der Waals surface area contributed by atoms with Gasteiger partial charge in [-0.05, 0) is 42.5 Å². The second-order valence-corrected chi connectivity index (χ2v) is 5.94. The van der Waals surface area contributed by atoms with Gasteiger partial charge in [-0.15, -0.1) is 0 Å². The average Bonchev–Trinajstić information content (AvgIpc) is 2.95. The Morgan fingerprint density at radius 2 is 1.85 bits per heavy atom. The number of anilines is 1. The smallest absolute Gasteiger partial charge is 0.280 e. The van der Waals surface area contributed by atoms with Crippen molar-refractivity contribution >= 4 is 22.6 Å². The van der Waals surface area contributed by atoms with Crippen molar-refractivity contribution in [1.82, 2.24) is 14.3 Å². The first kappa shape index (κ1) is 16.7. The highest BCUT2D eigenvalue weighted by atomic mass is 19.1. The Kier molecular flexibility index (Phi) is 4.25. The molecule has 4 aromatic rings. The van der Waals surface area contributed by atoms with E-state index in [0.29, 0.717) is 22.4 Å². The first-order chi connectivity index (χ1) is 13.1. The number of nitrogens with zero attached hydrogens (tertiary/aromatic N) is 3. The normalized spacial score (nSPS) is 10.9. The van der Waals surface area contributed by atoms with Crippen LogP contribution in [-0.4, -0.2) is 20.3 Å². The van der Waals surface area contributed by atoms with E-state index < -0.39 is 11.7 Å². The Hall–Kier alpha value is -3.74. The van der Waals surface area contributed by atoms with Crippen LogP contribution >= 0.6 is 0 Å². The van der Waals surface area contributed by atoms with Gasteiger partial charge in [0.1, 0.15) is 12.4 Å². The van der Waals surface area contributed by atoms with Crippen LogP contribution in [-0.2, 0) is 11.3 Å². The van der Waals surface area contributed by atoms with E-state index in [0.717, 1.165) is 0 Å². The highest BCUT2D eigenvalue weighted by molar-refractivity contribution is 5.91. The molecule has 27 heavy (non-hydrogen) atoms. The summed E-state index contributed by atoms with van der Waals surface area (Å²) >= 11 is 0. The molecule has 0 radical (unpaired) electrons. The lowest BCUT2D eigenvalue weighted by Crippen LogP contribution is -2.27. The molecule has 2 heterocycles. The van der Waals surface area contributed by atoms with E-state index >= 15 is 0 Å². The van der Waals surface area contributed by atoms with Crippen LogP contribution < -0.4 is 10.9 Å². The molecule has 0 unspecified atom stereocenters. The van der Waals surface area contributed by atoms with Crippen LogP contribution in [0.25, 0.3) is 16.7 Å². The minimum absolute atomic E-state index is 0.152. The second-order valence-electron chi connectivity index (χ2n) is 5.94. The van der Waals surface area contributed by atoms with E-state index in [-0.39, 0.29) is 12.1 Å². The van der Waals surface area contributed by atoms with E-state index in [1.165, 1.54) is 27.6 Å². The van der Waals surface area contributed by atoms with Gasteiger partial charge in [-0.2, -0.15) is 0 Å². The third kappa shape index (κ3) is 3.22. The molecule has 0 saturated heterocycles. The molecular weight excluding hydrogens is 347 g/mol. The van der Waals surface area contributed by atoms with Gasteiger partial charge in [-0.3, -0.25) is 14.3 Å². The van der Waals surface area contributed by atoms with Crippen molar-refractivity contribution < 1.29 is 9.18 Å². The molecule has 0 spiro atoms. The molecule has 2 aromatic carbocycles. The van der Waals surface area contributed by atoms with Crippen molar-refractivity contribution in [2.24, 2.45) is 0 Å². The number of carbonyl (C=O) groups is 1. The van der Waals surface area contributed by atoms with Crippen LogP contribution in [0.2, 0.25) is 0 Å². The molecule has 0 saturated carbocycles. The molecule has 2 aromatic heterocycles. The van der Waals surface area contributed by atoms with Gasteiger partial charge in [0.2, 0.25) is 5.91 Å². The number of fused-ring (bicyclic) bond motifs is 1. The van der Waals surface area contributed by atoms with Gasteiger partial charge < -0.3 is 5.32 Å².